The van der Waals surface area contributed by atoms with Crippen LogP contribution in [0.2, 0.25) is 0 Å². The number of nitrogens with zero attached hydrogens (tertiary/aromatic N) is 2. The van der Waals surface area contributed by atoms with Crippen LogP contribution in [0.3, 0.4) is 0 Å². The normalized spacial score (nSPS) is 10.1. The Morgan fingerprint density at radius 1 is 1.50 bits per heavy atom. The van der Waals surface area contributed by atoms with E-state index >= 15 is 0 Å². The fraction of sp³-hybridized carbons (Fsp3) is 0.250. The average molecular weight is 247 g/mol. The van der Waals surface area contributed by atoms with Gasteiger partial charge in [-0.1, -0.05) is 5.16 Å². The van der Waals surface area contributed by atoms with Gasteiger partial charge < -0.3 is 14.6 Å². The van der Waals surface area contributed by atoms with Crippen LogP contribution in [0.15, 0.2) is 28.9 Å². The van der Waals surface area contributed by atoms with Gasteiger partial charge in [-0.2, -0.15) is 0 Å². The highest BCUT2D eigenvalue weighted by atomic mass is 16.5. The van der Waals surface area contributed by atoms with Crippen molar-refractivity contribution >= 4 is 11.8 Å². The number of rotatable bonds is 4. The van der Waals surface area contributed by atoms with Gasteiger partial charge in [-0.15, -0.1) is 0 Å². The molecule has 0 saturated carbocycles. The molecule has 2 heterocycles. The summed E-state index contributed by atoms with van der Waals surface area (Å²) in [6.07, 6.45) is 1.54. The lowest BCUT2D eigenvalue weighted by atomic mass is 10.2. The lowest BCUT2D eigenvalue weighted by molar-refractivity contribution is 0.0600. The van der Waals surface area contributed by atoms with Crippen molar-refractivity contribution in [1.29, 1.82) is 0 Å². The molecule has 1 N–H and O–H groups in total. The highest BCUT2D eigenvalue weighted by Gasteiger charge is 2.07. The monoisotopic (exact) mass is 247 g/mol. The highest BCUT2D eigenvalue weighted by molar-refractivity contribution is 5.89. The first-order chi connectivity index (χ1) is 8.69. The molecule has 0 atom stereocenters. The van der Waals surface area contributed by atoms with Crippen molar-refractivity contribution < 1.29 is 14.1 Å². The molecule has 6 nitrogen and oxygen atoms in total. The summed E-state index contributed by atoms with van der Waals surface area (Å²) >= 11 is 0. The summed E-state index contributed by atoms with van der Waals surface area (Å²) in [6, 6.07) is 5.04. The summed E-state index contributed by atoms with van der Waals surface area (Å²) < 4.78 is 9.69. The van der Waals surface area contributed by atoms with Gasteiger partial charge in [0.05, 0.1) is 24.9 Å². The summed E-state index contributed by atoms with van der Waals surface area (Å²) in [5, 5.41) is 6.82. The number of pyridine rings is 1. The predicted molar refractivity (Wildman–Crippen MR) is 64.1 cm³/mol. The maximum Gasteiger partial charge on any atom is 0.338 e. The number of esters is 1. The van der Waals surface area contributed by atoms with Crippen LogP contribution in [0, 0.1) is 6.92 Å². The molecule has 0 saturated heterocycles. The molecule has 0 aromatic carbocycles. The SMILES string of the molecule is COC(=O)c1ccnc(NCc2cc(C)no2)c1. The quantitative estimate of drug-likeness (QED) is 0.830. The van der Waals surface area contributed by atoms with Crippen LogP contribution in [0.4, 0.5) is 5.82 Å². The zero-order chi connectivity index (χ0) is 13.0. The molecule has 0 aliphatic rings. The minimum atomic E-state index is -0.393. The molecule has 0 fully saturated rings. The average Bonchev–Trinajstić information content (AvgIpc) is 2.81. The molecule has 0 amide bonds. The summed E-state index contributed by atoms with van der Waals surface area (Å²) in [7, 11) is 1.34. The second kappa shape index (κ2) is 5.31. The summed E-state index contributed by atoms with van der Waals surface area (Å²) in [4.78, 5) is 15.4. The third-order valence-corrected chi connectivity index (χ3v) is 2.30. The van der Waals surface area contributed by atoms with Gasteiger partial charge in [0.2, 0.25) is 0 Å². The van der Waals surface area contributed by atoms with Gasteiger partial charge in [-0.25, -0.2) is 9.78 Å². The van der Waals surface area contributed by atoms with E-state index in [1.54, 1.807) is 18.3 Å². The molecular weight excluding hydrogens is 234 g/mol. The van der Waals surface area contributed by atoms with Crippen LogP contribution in [0.25, 0.3) is 0 Å². The zero-order valence-electron chi connectivity index (χ0n) is 10.1. The number of anilines is 1. The maximum atomic E-state index is 11.3. The number of aromatic nitrogens is 2. The van der Waals surface area contributed by atoms with Crippen molar-refractivity contribution in [3.8, 4) is 0 Å². The first kappa shape index (κ1) is 12.1. The molecular formula is C12H13N3O3. The molecule has 2 aromatic heterocycles. The number of ether oxygens (including phenoxy) is 1. The number of hydrogen-bond donors (Lipinski definition) is 1. The molecule has 6 heteroatoms. The van der Waals surface area contributed by atoms with Crippen LogP contribution in [-0.4, -0.2) is 23.2 Å². The second-order valence-corrected chi connectivity index (χ2v) is 3.71. The van der Waals surface area contributed by atoms with Crippen LogP contribution in [0.1, 0.15) is 21.8 Å². The first-order valence-electron chi connectivity index (χ1n) is 5.39. The molecule has 0 radical (unpaired) electrons. The molecule has 0 unspecified atom stereocenters. The van der Waals surface area contributed by atoms with Gasteiger partial charge in [0.25, 0.3) is 0 Å². The topological polar surface area (TPSA) is 77.2 Å². The molecule has 2 rings (SSSR count). The van der Waals surface area contributed by atoms with E-state index in [9.17, 15) is 4.79 Å². The van der Waals surface area contributed by atoms with E-state index in [0.29, 0.717) is 23.7 Å². The number of methoxy groups -OCH3 is 1. The lowest BCUT2D eigenvalue weighted by Crippen LogP contribution is -2.05. The van der Waals surface area contributed by atoms with Gasteiger partial charge in [-0.05, 0) is 19.1 Å². The number of carbonyl (C=O) groups excluding carboxylic acids is 1. The molecule has 0 spiro atoms. The second-order valence-electron chi connectivity index (χ2n) is 3.71. The van der Waals surface area contributed by atoms with Gasteiger partial charge in [0, 0.05) is 12.3 Å². The number of carbonyl (C=O) groups is 1. The summed E-state index contributed by atoms with van der Waals surface area (Å²) in [5.74, 6) is 0.890. The lowest BCUT2D eigenvalue weighted by Gasteiger charge is -2.04. The Morgan fingerprint density at radius 2 is 2.33 bits per heavy atom. The van der Waals surface area contributed by atoms with Crippen molar-refractivity contribution in [2.24, 2.45) is 0 Å². The van der Waals surface area contributed by atoms with E-state index in [4.69, 9.17) is 4.52 Å². The Hall–Kier alpha value is -2.37. The van der Waals surface area contributed by atoms with Crippen LogP contribution in [0.5, 0.6) is 0 Å². The van der Waals surface area contributed by atoms with Crippen molar-refractivity contribution in [1.82, 2.24) is 10.1 Å². The molecule has 18 heavy (non-hydrogen) atoms. The summed E-state index contributed by atoms with van der Waals surface area (Å²) in [5.41, 5.74) is 1.27. The Kier molecular flexibility index (Phi) is 3.57. The van der Waals surface area contributed by atoms with Gasteiger partial charge in [0.1, 0.15) is 5.82 Å². The van der Waals surface area contributed by atoms with Crippen molar-refractivity contribution in [3.05, 3.63) is 41.4 Å². The van der Waals surface area contributed by atoms with Crippen molar-refractivity contribution in [3.63, 3.8) is 0 Å². The van der Waals surface area contributed by atoms with Crippen molar-refractivity contribution in [2.75, 3.05) is 12.4 Å². The van der Waals surface area contributed by atoms with Gasteiger partial charge in [-0.3, -0.25) is 0 Å². The number of aryl methyl sites for hydroxylation is 1. The van der Waals surface area contributed by atoms with Crippen LogP contribution < -0.4 is 5.32 Å². The Labute approximate surface area is 104 Å². The third kappa shape index (κ3) is 2.85. The third-order valence-electron chi connectivity index (χ3n) is 2.30. The highest BCUT2D eigenvalue weighted by Crippen LogP contribution is 2.10. The molecule has 0 aliphatic carbocycles. The predicted octanol–water partition coefficient (Wildman–Crippen LogP) is 1.78. The van der Waals surface area contributed by atoms with Crippen LogP contribution >= 0.6 is 0 Å². The largest absolute Gasteiger partial charge is 0.465 e. The van der Waals surface area contributed by atoms with Gasteiger partial charge >= 0.3 is 5.97 Å². The smallest absolute Gasteiger partial charge is 0.338 e. The fourth-order valence-electron chi connectivity index (χ4n) is 1.45. The van der Waals surface area contributed by atoms with Crippen LogP contribution in [-0.2, 0) is 11.3 Å². The Morgan fingerprint density at radius 3 is 3.00 bits per heavy atom. The van der Waals surface area contributed by atoms with E-state index in [0.717, 1.165) is 5.69 Å². The first-order valence-corrected chi connectivity index (χ1v) is 5.39. The van der Waals surface area contributed by atoms with E-state index in [-0.39, 0.29) is 0 Å². The Balaban J connectivity index is 2.03. The molecule has 0 aliphatic heterocycles. The maximum absolute atomic E-state index is 11.3. The fourth-order valence-corrected chi connectivity index (χ4v) is 1.45. The summed E-state index contributed by atoms with van der Waals surface area (Å²) in [6.45, 7) is 2.31. The minimum Gasteiger partial charge on any atom is -0.465 e. The minimum absolute atomic E-state index is 0.393. The van der Waals surface area contributed by atoms with Crippen molar-refractivity contribution in [2.45, 2.75) is 13.5 Å². The van der Waals surface area contributed by atoms with E-state index < -0.39 is 5.97 Å². The number of nitrogens with one attached hydrogen (secondary N) is 1. The van der Waals surface area contributed by atoms with E-state index in [2.05, 4.69) is 20.2 Å². The molecule has 0 bridgehead atoms. The Bertz CT molecular complexity index is 551. The van der Waals surface area contributed by atoms with E-state index in [1.165, 1.54) is 7.11 Å². The zero-order valence-corrected chi connectivity index (χ0v) is 10.1. The molecule has 2 aromatic rings. The molecule has 94 valence electrons. The van der Waals surface area contributed by atoms with E-state index in [1.807, 2.05) is 13.0 Å². The van der Waals surface area contributed by atoms with Gasteiger partial charge in [0.15, 0.2) is 5.76 Å². The standard InChI is InChI=1S/C12H13N3O3/c1-8-5-10(18-15-8)7-14-11-6-9(3-4-13-11)12(16)17-2/h3-6H,7H2,1-2H3,(H,13,14). The number of hydrogen-bond acceptors (Lipinski definition) is 6.